The molecule has 3 aromatic rings. The van der Waals surface area contributed by atoms with Crippen LogP contribution in [0.2, 0.25) is 5.02 Å². The Balaban J connectivity index is 1.59. The average Bonchev–Trinajstić information content (AvgIpc) is 3.43. The molecular weight excluding hydrogens is 410 g/mol. The minimum Gasteiger partial charge on any atom is -0.466 e. The van der Waals surface area contributed by atoms with Crippen LogP contribution >= 0.6 is 11.6 Å². The fourth-order valence-corrected chi connectivity index (χ4v) is 2.98. The number of rotatable bonds is 6. The molecule has 0 unspecified atom stereocenters. The first kappa shape index (κ1) is 19.6. The van der Waals surface area contributed by atoms with E-state index in [-0.39, 0.29) is 29.7 Å². The smallest absolute Gasteiger partial charge is 0.355 e. The number of amides is 1. The maximum absolute atomic E-state index is 12.7. The summed E-state index contributed by atoms with van der Waals surface area (Å²) in [7, 11) is 0. The van der Waals surface area contributed by atoms with Gasteiger partial charge in [-0.25, -0.2) is 4.79 Å². The van der Waals surface area contributed by atoms with Gasteiger partial charge in [-0.2, -0.15) is 0 Å². The van der Waals surface area contributed by atoms with Crippen molar-refractivity contribution in [2.45, 2.75) is 6.61 Å². The maximum Gasteiger partial charge on any atom is 0.355 e. The topological polar surface area (TPSA) is 87.0 Å². The SMILES string of the molecule is O=C(OCc1ccco1)C(=Cc1ccc2c(c1)OCO2)NC(=O)c1ccccc1Cl. The van der Waals surface area contributed by atoms with E-state index in [0.29, 0.717) is 22.8 Å². The van der Waals surface area contributed by atoms with E-state index >= 15 is 0 Å². The predicted octanol–water partition coefficient (Wildman–Crippen LogP) is 4.18. The summed E-state index contributed by atoms with van der Waals surface area (Å²) in [4.78, 5) is 25.4. The summed E-state index contributed by atoms with van der Waals surface area (Å²) in [6, 6.07) is 15.0. The minimum atomic E-state index is -0.732. The lowest BCUT2D eigenvalue weighted by atomic mass is 10.1. The highest BCUT2D eigenvalue weighted by Crippen LogP contribution is 2.33. The van der Waals surface area contributed by atoms with E-state index in [1.165, 1.54) is 12.3 Å². The van der Waals surface area contributed by atoms with Gasteiger partial charge in [0.05, 0.1) is 16.8 Å². The predicted molar refractivity (Wildman–Crippen MR) is 108 cm³/mol. The van der Waals surface area contributed by atoms with E-state index in [1.807, 2.05) is 0 Å². The summed E-state index contributed by atoms with van der Waals surface area (Å²) in [5.41, 5.74) is 0.781. The van der Waals surface area contributed by atoms with E-state index in [9.17, 15) is 9.59 Å². The summed E-state index contributed by atoms with van der Waals surface area (Å²) in [6.07, 6.45) is 2.97. The monoisotopic (exact) mass is 425 g/mol. The van der Waals surface area contributed by atoms with Crippen LogP contribution in [0.4, 0.5) is 0 Å². The molecule has 0 bridgehead atoms. The van der Waals surface area contributed by atoms with E-state index in [4.69, 9.17) is 30.2 Å². The highest BCUT2D eigenvalue weighted by Gasteiger charge is 2.19. The van der Waals surface area contributed by atoms with Gasteiger partial charge in [-0.05, 0) is 48.0 Å². The molecule has 8 heteroatoms. The van der Waals surface area contributed by atoms with Crippen molar-refractivity contribution in [1.82, 2.24) is 5.32 Å². The van der Waals surface area contributed by atoms with Crippen LogP contribution in [0, 0.1) is 0 Å². The second-order valence-corrected chi connectivity index (χ2v) is 6.67. The zero-order valence-electron chi connectivity index (χ0n) is 15.6. The number of fused-ring (bicyclic) bond motifs is 1. The normalized spacial score (nSPS) is 12.5. The van der Waals surface area contributed by atoms with Gasteiger partial charge in [-0.3, -0.25) is 4.79 Å². The summed E-state index contributed by atoms with van der Waals surface area (Å²) >= 11 is 6.10. The van der Waals surface area contributed by atoms with Gasteiger partial charge in [0.25, 0.3) is 5.91 Å². The number of furan rings is 1. The molecule has 0 aliphatic carbocycles. The van der Waals surface area contributed by atoms with Gasteiger partial charge in [-0.15, -0.1) is 0 Å². The van der Waals surface area contributed by atoms with Crippen molar-refractivity contribution >= 4 is 29.6 Å². The number of carbonyl (C=O) groups is 2. The molecule has 4 rings (SSSR count). The van der Waals surface area contributed by atoms with E-state index in [0.717, 1.165) is 0 Å². The molecule has 0 saturated carbocycles. The van der Waals surface area contributed by atoms with Gasteiger partial charge in [0.2, 0.25) is 6.79 Å². The molecule has 30 heavy (non-hydrogen) atoms. The molecule has 152 valence electrons. The standard InChI is InChI=1S/C22H16ClNO6/c23-17-6-2-1-5-16(17)21(25)24-18(22(26)28-12-15-4-3-9-27-15)10-14-7-8-19-20(11-14)30-13-29-19/h1-11H,12-13H2,(H,24,25). The molecule has 1 N–H and O–H groups in total. The van der Waals surface area contributed by atoms with Crippen molar-refractivity contribution in [1.29, 1.82) is 0 Å². The fraction of sp³-hybridized carbons (Fsp3) is 0.0909. The van der Waals surface area contributed by atoms with Crippen LogP contribution in [-0.2, 0) is 16.1 Å². The van der Waals surface area contributed by atoms with Crippen molar-refractivity contribution < 1.29 is 28.2 Å². The van der Waals surface area contributed by atoms with Crippen LogP contribution < -0.4 is 14.8 Å². The number of ether oxygens (including phenoxy) is 3. The first-order valence-electron chi connectivity index (χ1n) is 8.97. The molecule has 0 spiro atoms. The highest BCUT2D eigenvalue weighted by atomic mass is 35.5. The molecule has 1 aromatic heterocycles. The molecule has 2 aromatic carbocycles. The Morgan fingerprint density at radius 3 is 2.70 bits per heavy atom. The van der Waals surface area contributed by atoms with E-state index in [2.05, 4.69) is 5.32 Å². The molecule has 1 amide bonds. The van der Waals surface area contributed by atoms with Gasteiger partial charge < -0.3 is 23.9 Å². The zero-order chi connectivity index (χ0) is 20.9. The Morgan fingerprint density at radius 2 is 1.90 bits per heavy atom. The van der Waals surface area contributed by atoms with Crippen LogP contribution in [0.5, 0.6) is 11.5 Å². The van der Waals surface area contributed by atoms with Gasteiger partial charge in [0.1, 0.15) is 18.1 Å². The Labute approximate surface area is 176 Å². The maximum atomic E-state index is 12.7. The number of halogens is 1. The highest BCUT2D eigenvalue weighted by molar-refractivity contribution is 6.34. The third-order valence-electron chi connectivity index (χ3n) is 4.22. The number of hydrogen-bond acceptors (Lipinski definition) is 6. The lowest BCUT2D eigenvalue weighted by molar-refractivity contribution is -0.141. The van der Waals surface area contributed by atoms with Crippen LogP contribution in [-0.4, -0.2) is 18.7 Å². The van der Waals surface area contributed by atoms with Crippen molar-refractivity contribution in [3.05, 3.63) is 88.5 Å². The molecule has 7 nitrogen and oxygen atoms in total. The number of nitrogens with one attached hydrogen (secondary N) is 1. The molecule has 0 fully saturated rings. The summed E-state index contributed by atoms with van der Waals surface area (Å²) < 4.78 is 21.1. The zero-order valence-corrected chi connectivity index (χ0v) is 16.3. The van der Waals surface area contributed by atoms with Gasteiger partial charge in [-0.1, -0.05) is 29.8 Å². The first-order valence-corrected chi connectivity index (χ1v) is 9.35. The molecule has 0 radical (unpaired) electrons. The van der Waals surface area contributed by atoms with Crippen LogP contribution in [0.1, 0.15) is 21.7 Å². The largest absolute Gasteiger partial charge is 0.466 e. The minimum absolute atomic E-state index is 0.0645. The van der Waals surface area contributed by atoms with Crippen molar-refractivity contribution in [3.8, 4) is 11.5 Å². The Hall–Kier alpha value is -3.71. The number of hydrogen-bond donors (Lipinski definition) is 1. The third-order valence-corrected chi connectivity index (χ3v) is 4.55. The molecular formula is C22H16ClNO6. The Morgan fingerprint density at radius 1 is 1.07 bits per heavy atom. The van der Waals surface area contributed by atoms with E-state index < -0.39 is 11.9 Å². The molecule has 1 aliphatic heterocycles. The molecule has 1 aliphatic rings. The van der Waals surface area contributed by atoms with Crippen molar-refractivity contribution in [2.24, 2.45) is 0 Å². The lowest BCUT2D eigenvalue weighted by Crippen LogP contribution is -2.28. The van der Waals surface area contributed by atoms with Gasteiger partial charge in [0, 0.05) is 0 Å². The second-order valence-electron chi connectivity index (χ2n) is 6.26. The van der Waals surface area contributed by atoms with Crippen LogP contribution in [0.15, 0.2) is 71.0 Å². The number of benzene rings is 2. The third kappa shape index (κ3) is 4.47. The summed E-state index contributed by atoms with van der Waals surface area (Å²) in [5.74, 6) is 0.355. The van der Waals surface area contributed by atoms with Crippen LogP contribution in [0.3, 0.4) is 0 Å². The van der Waals surface area contributed by atoms with E-state index in [1.54, 1.807) is 54.6 Å². The molecule has 2 heterocycles. The summed E-state index contributed by atoms with van der Waals surface area (Å²) in [6.45, 7) is 0.0517. The Bertz CT molecular complexity index is 1110. The summed E-state index contributed by atoms with van der Waals surface area (Å²) in [5, 5.41) is 2.85. The molecule has 0 atom stereocenters. The van der Waals surface area contributed by atoms with Crippen molar-refractivity contribution in [3.63, 3.8) is 0 Å². The van der Waals surface area contributed by atoms with Crippen LogP contribution in [0.25, 0.3) is 6.08 Å². The second kappa shape index (κ2) is 8.75. The number of carbonyl (C=O) groups excluding carboxylic acids is 2. The van der Waals surface area contributed by atoms with Gasteiger partial charge in [0.15, 0.2) is 11.5 Å². The Kier molecular flexibility index (Phi) is 5.72. The van der Waals surface area contributed by atoms with Crippen molar-refractivity contribution in [2.75, 3.05) is 6.79 Å². The van der Waals surface area contributed by atoms with Gasteiger partial charge >= 0.3 is 5.97 Å². The molecule has 0 saturated heterocycles. The first-order chi connectivity index (χ1) is 14.6. The quantitative estimate of drug-likeness (QED) is 0.471. The number of esters is 1. The fourth-order valence-electron chi connectivity index (χ4n) is 2.76. The lowest BCUT2D eigenvalue weighted by Gasteiger charge is -2.11. The average molecular weight is 426 g/mol.